The van der Waals surface area contributed by atoms with Crippen LogP contribution in [0.1, 0.15) is 91.2 Å². The molecule has 1 aliphatic heterocycles. The first-order valence-corrected chi connectivity index (χ1v) is 24.9. The fraction of sp³-hybridized carbons (Fsp3) is 0.758. The standard InChI is InChI=1S/C33H58N7O18P3S/c1-21(41)11-9-7-5-4-6-8-10-12-24(43)62-16-15-35-23(42)13-14-36-31(46)28(45)33(2,3)18-55-61(52,53)58-60(50,51)54-17-22-27(57-59(47,48)49)26(44)32(56-22)40-20-39-25-29(34)37-19-38-30(25)40/h19-22,26-28,32,41,44-45H,4-18H2,1-3H3,(H,35,42)(H,36,46)(H,50,51)(H,52,53)(H2,34,37,38)(H2,47,48,49)/p-4/t21?,22-,26-,27-,28+,32-/m1/s1. The van der Waals surface area contributed by atoms with Crippen LogP contribution < -0.4 is 35.9 Å². The summed E-state index contributed by atoms with van der Waals surface area (Å²) >= 11 is 1.11. The third-order valence-electron chi connectivity index (χ3n) is 9.24. The number of carbonyl (C=O) groups is 3. The number of imidazole rings is 1. The minimum Gasteiger partial charge on any atom is -0.790 e. The van der Waals surface area contributed by atoms with Crippen LogP contribution in [0, 0.1) is 5.41 Å². The van der Waals surface area contributed by atoms with Crippen molar-refractivity contribution in [2.75, 3.05) is 37.8 Å². The van der Waals surface area contributed by atoms with E-state index < -0.39 is 84.6 Å². The molecule has 62 heavy (non-hydrogen) atoms. The molecule has 1 aliphatic rings. The van der Waals surface area contributed by atoms with Gasteiger partial charge in [0.1, 0.15) is 36.3 Å². The summed E-state index contributed by atoms with van der Waals surface area (Å²) in [7, 11) is -17.6. The maximum absolute atomic E-state index is 12.6. The van der Waals surface area contributed by atoms with Gasteiger partial charge in [0.25, 0.3) is 15.6 Å². The number of aromatic nitrogens is 4. The average molecular weight is 962 g/mol. The smallest absolute Gasteiger partial charge is 0.274 e. The Labute approximate surface area is 361 Å². The Morgan fingerprint density at radius 3 is 2.26 bits per heavy atom. The predicted octanol–water partition coefficient (Wildman–Crippen LogP) is -0.972. The van der Waals surface area contributed by atoms with Crippen molar-refractivity contribution in [3.63, 3.8) is 0 Å². The molecule has 2 aromatic heterocycles. The number of nitrogens with zero attached hydrogens (tertiary/aromatic N) is 4. The van der Waals surface area contributed by atoms with Gasteiger partial charge in [0, 0.05) is 37.1 Å². The number of anilines is 1. The summed E-state index contributed by atoms with van der Waals surface area (Å²) in [5.41, 5.74) is 4.07. The monoisotopic (exact) mass is 961 g/mol. The number of rotatable bonds is 29. The van der Waals surface area contributed by atoms with Gasteiger partial charge in [0.2, 0.25) is 11.8 Å². The van der Waals surface area contributed by atoms with Crippen LogP contribution in [0.4, 0.5) is 5.82 Å². The van der Waals surface area contributed by atoms with Crippen molar-refractivity contribution in [3.05, 3.63) is 12.7 Å². The normalized spacial score (nSPS) is 21.3. The van der Waals surface area contributed by atoms with Gasteiger partial charge in [-0.2, -0.15) is 0 Å². The van der Waals surface area contributed by atoms with E-state index >= 15 is 0 Å². The Bertz CT molecular complexity index is 1920. The third-order valence-corrected chi connectivity index (χ3v) is 13.2. The molecule has 2 amide bonds. The fourth-order valence-corrected chi connectivity index (χ4v) is 9.39. The van der Waals surface area contributed by atoms with Crippen molar-refractivity contribution in [1.82, 2.24) is 30.2 Å². The van der Waals surface area contributed by atoms with Gasteiger partial charge >= 0.3 is 0 Å². The highest BCUT2D eigenvalue weighted by Gasteiger charge is 2.47. The summed E-state index contributed by atoms with van der Waals surface area (Å²) in [6.07, 6.45) is 0.457. The molecular formula is C33H54N7O18P3S-4. The Kier molecular flexibility index (Phi) is 21.5. The van der Waals surface area contributed by atoms with Crippen molar-refractivity contribution in [1.29, 1.82) is 0 Å². The number of hydrogen-bond acceptors (Lipinski definition) is 23. The number of aliphatic hydroxyl groups is 3. The quantitative estimate of drug-likeness (QED) is 0.0422. The Morgan fingerprint density at radius 2 is 1.60 bits per heavy atom. The molecular weight excluding hydrogens is 907 g/mol. The van der Waals surface area contributed by atoms with Crippen LogP contribution in [0.15, 0.2) is 12.7 Å². The van der Waals surface area contributed by atoms with E-state index in [0.717, 1.165) is 80.4 Å². The predicted molar refractivity (Wildman–Crippen MR) is 211 cm³/mol. The van der Waals surface area contributed by atoms with Gasteiger partial charge < -0.3 is 74.1 Å². The highest BCUT2D eigenvalue weighted by Crippen LogP contribution is 2.56. The number of unbranched alkanes of at least 4 members (excludes halogenated alkanes) is 6. The fourth-order valence-electron chi connectivity index (χ4n) is 5.94. The molecule has 7 N–H and O–H groups in total. The van der Waals surface area contributed by atoms with Crippen molar-refractivity contribution in [3.8, 4) is 0 Å². The topological polar surface area (TPSA) is 395 Å². The molecule has 8 atom stereocenters. The lowest BCUT2D eigenvalue weighted by Crippen LogP contribution is -2.46. The number of amides is 2. The Balaban J connectivity index is 1.37. The second-order valence-electron chi connectivity index (χ2n) is 15.1. The Hall–Kier alpha value is -2.48. The van der Waals surface area contributed by atoms with Gasteiger partial charge in [-0.1, -0.05) is 64.1 Å². The number of phosphoric ester groups is 3. The van der Waals surface area contributed by atoms with Crippen molar-refractivity contribution in [2.45, 2.75) is 122 Å². The number of nitrogen functional groups attached to an aromatic ring is 1. The van der Waals surface area contributed by atoms with Gasteiger partial charge in [-0.15, -0.1) is 0 Å². The molecule has 0 aromatic carbocycles. The SMILES string of the molecule is CC(O)CCCCCCCCCC(=O)SCCNC(=O)CCNC(=O)[C@H](O)C(C)(C)COP(=O)([O-])OP(=O)([O-])OC[C@H]1O[C@@H](n2cnc3c(N)ncnc32)[C@H](O)[C@@H]1OP(=O)([O-])[O-]. The zero-order valence-electron chi connectivity index (χ0n) is 34.3. The van der Waals surface area contributed by atoms with E-state index in [2.05, 4.69) is 43.5 Å². The first kappa shape index (κ1) is 53.9. The second-order valence-corrected chi connectivity index (χ2v) is 20.3. The maximum atomic E-state index is 12.6. The van der Waals surface area contributed by atoms with Crippen LogP contribution in [0.2, 0.25) is 0 Å². The van der Waals surface area contributed by atoms with Crippen molar-refractivity contribution >= 4 is 69.1 Å². The lowest BCUT2D eigenvalue weighted by molar-refractivity contribution is -0.347. The highest BCUT2D eigenvalue weighted by molar-refractivity contribution is 8.13. The molecule has 3 rings (SSSR count). The number of nitrogens with one attached hydrogen (secondary N) is 2. The molecule has 3 unspecified atom stereocenters. The summed E-state index contributed by atoms with van der Waals surface area (Å²) in [5.74, 6) is -1.18. The Morgan fingerprint density at radius 1 is 0.952 bits per heavy atom. The van der Waals surface area contributed by atoms with Gasteiger partial charge in [0.15, 0.2) is 22.8 Å². The summed E-state index contributed by atoms with van der Waals surface area (Å²) in [5, 5.41) is 35.6. The lowest BCUT2D eigenvalue weighted by Gasteiger charge is -2.36. The number of nitrogens with two attached hydrogens (primary N) is 1. The molecule has 0 saturated carbocycles. The number of carbonyl (C=O) groups excluding carboxylic acids is 3. The molecule has 25 nitrogen and oxygen atoms in total. The molecule has 0 radical (unpaired) electrons. The van der Waals surface area contributed by atoms with E-state index in [4.69, 9.17) is 10.5 Å². The van der Waals surface area contributed by atoms with E-state index in [1.54, 1.807) is 6.92 Å². The number of thioether (sulfide) groups is 1. The third kappa shape index (κ3) is 18.6. The second kappa shape index (κ2) is 24.7. The molecule has 3 heterocycles. The van der Waals surface area contributed by atoms with E-state index in [1.807, 2.05) is 0 Å². The maximum Gasteiger partial charge on any atom is 0.274 e. The van der Waals surface area contributed by atoms with Gasteiger partial charge in [-0.25, -0.2) is 19.3 Å². The average Bonchev–Trinajstić information content (AvgIpc) is 3.73. The van der Waals surface area contributed by atoms with Crippen LogP contribution in [-0.2, 0) is 50.7 Å². The van der Waals surface area contributed by atoms with E-state index in [1.165, 1.54) is 13.8 Å². The summed E-state index contributed by atoms with van der Waals surface area (Å²) < 4.78 is 60.7. The number of phosphoric acid groups is 3. The molecule has 2 aromatic rings. The largest absolute Gasteiger partial charge is 0.790 e. The van der Waals surface area contributed by atoms with E-state index in [0.29, 0.717) is 12.2 Å². The summed E-state index contributed by atoms with van der Waals surface area (Å²) in [6.45, 7) is 1.90. The molecule has 0 bridgehead atoms. The van der Waals surface area contributed by atoms with Crippen LogP contribution in [-0.4, -0.2) is 114 Å². The highest BCUT2D eigenvalue weighted by atomic mass is 32.2. The number of aliphatic hydroxyl groups excluding tert-OH is 3. The van der Waals surface area contributed by atoms with Crippen LogP contribution in [0.3, 0.4) is 0 Å². The van der Waals surface area contributed by atoms with Crippen LogP contribution >= 0.6 is 35.2 Å². The minimum absolute atomic E-state index is 0.0220. The molecule has 1 saturated heterocycles. The first-order valence-electron chi connectivity index (χ1n) is 19.6. The number of ether oxygens (including phenoxy) is 1. The van der Waals surface area contributed by atoms with Gasteiger partial charge in [-0.05, 0) is 19.8 Å². The van der Waals surface area contributed by atoms with Crippen LogP contribution in [0.5, 0.6) is 0 Å². The summed E-state index contributed by atoms with van der Waals surface area (Å²) in [4.78, 5) is 96.5. The minimum atomic E-state index is -5.92. The van der Waals surface area contributed by atoms with E-state index in [-0.39, 0.29) is 47.7 Å². The number of hydrogen-bond donors (Lipinski definition) is 6. The zero-order chi connectivity index (χ0) is 46.3. The van der Waals surface area contributed by atoms with Crippen molar-refractivity contribution in [2.24, 2.45) is 5.41 Å². The molecule has 29 heteroatoms. The van der Waals surface area contributed by atoms with Crippen LogP contribution in [0.25, 0.3) is 11.2 Å². The molecule has 0 spiro atoms. The molecule has 1 fully saturated rings. The molecule has 0 aliphatic carbocycles. The summed E-state index contributed by atoms with van der Waals surface area (Å²) in [6, 6.07) is 0. The van der Waals surface area contributed by atoms with Crippen molar-refractivity contribution < 1.29 is 85.6 Å². The van der Waals surface area contributed by atoms with Gasteiger partial charge in [0.05, 0.1) is 33.5 Å². The van der Waals surface area contributed by atoms with Gasteiger partial charge in [-0.3, -0.25) is 28.1 Å². The number of fused-ring (bicyclic) bond motifs is 1. The zero-order valence-corrected chi connectivity index (χ0v) is 37.8. The lowest BCUT2D eigenvalue weighted by atomic mass is 9.87. The first-order chi connectivity index (χ1) is 28.9. The van der Waals surface area contributed by atoms with E-state index in [9.17, 15) is 63.0 Å². The molecule has 354 valence electrons.